The van der Waals surface area contributed by atoms with Crippen LogP contribution in [0.25, 0.3) is 0 Å². The lowest BCUT2D eigenvalue weighted by Crippen LogP contribution is -2.30. The van der Waals surface area contributed by atoms with Gasteiger partial charge in [-0.05, 0) is 43.3 Å². The first-order valence-electron chi connectivity index (χ1n) is 8.00. The molecule has 3 amide bonds. The number of primary amides is 1. The fraction of sp³-hybridized carbons (Fsp3) is 0.167. The molecule has 27 heavy (non-hydrogen) atoms. The van der Waals surface area contributed by atoms with Crippen LogP contribution in [0.1, 0.15) is 17.3 Å². The van der Waals surface area contributed by atoms with Crippen molar-refractivity contribution in [3.8, 4) is 11.5 Å². The number of rotatable bonds is 5. The topological polar surface area (TPSA) is 129 Å². The lowest BCUT2D eigenvalue weighted by atomic mass is 10.2. The van der Waals surface area contributed by atoms with Crippen LogP contribution in [0.5, 0.6) is 11.5 Å². The summed E-state index contributed by atoms with van der Waals surface area (Å²) in [4.78, 5) is 35.2. The number of hydrogen-bond acceptors (Lipinski definition) is 6. The van der Waals surface area contributed by atoms with Gasteiger partial charge in [-0.25, -0.2) is 9.59 Å². The Morgan fingerprint density at radius 1 is 1.00 bits per heavy atom. The van der Waals surface area contributed by atoms with Gasteiger partial charge in [-0.2, -0.15) is 0 Å². The quantitative estimate of drug-likeness (QED) is 0.690. The lowest BCUT2D eigenvalue weighted by molar-refractivity contribution is -0.123. The van der Waals surface area contributed by atoms with Crippen LogP contribution < -0.4 is 25.8 Å². The average Bonchev–Trinajstić information content (AvgIpc) is 3.09. The van der Waals surface area contributed by atoms with Crippen molar-refractivity contribution in [1.82, 2.24) is 0 Å². The third-order valence-electron chi connectivity index (χ3n) is 3.68. The number of carbonyl (C=O) groups excluding carboxylic acids is 3. The normalized spacial score (nSPS) is 12.8. The molecule has 1 aliphatic rings. The molecule has 0 radical (unpaired) electrons. The molecule has 0 bridgehead atoms. The van der Waals surface area contributed by atoms with Gasteiger partial charge in [-0.15, -0.1) is 0 Å². The van der Waals surface area contributed by atoms with Crippen molar-refractivity contribution in [2.24, 2.45) is 5.73 Å². The van der Waals surface area contributed by atoms with Crippen molar-refractivity contribution in [3.63, 3.8) is 0 Å². The van der Waals surface area contributed by atoms with Crippen molar-refractivity contribution in [2.45, 2.75) is 13.0 Å². The van der Waals surface area contributed by atoms with Crippen molar-refractivity contribution >= 4 is 29.3 Å². The summed E-state index contributed by atoms with van der Waals surface area (Å²) in [7, 11) is 0. The van der Waals surface area contributed by atoms with Gasteiger partial charge >= 0.3 is 12.0 Å². The predicted octanol–water partition coefficient (Wildman–Crippen LogP) is 2.09. The van der Waals surface area contributed by atoms with E-state index in [4.69, 9.17) is 19.9 Å². The van der Waals surface area contributed by atoms with Crippen molar-refractivity contribution < 1.29 is 28.6 Å². The average molecular weight is 371 g/mol. The molecular weight excluding hydrogens is 354 g/mol. The zero-order valence-corrected chi connectivity index (χ0v) is 14.4. The molecule has 0 aliphatic carbocycles. The van der Waals surface area contributed by atoms with Crippen LogP contribution in [0.2, 0.25) is 0 Å². The molecule has 0 aromatic heterocycles. The molecule has 140 valence electrons. The predicted molar refractivity (Wildman–Crippen MR) is 95.7 cm³/mol. The van der Waals surface area contributed by atoms with E-state index in [0.717, 1.165) is 0 Å². The maximum Gasteiger partial charge on any atom is 0.338 e. The zero-order chi connectivity index (χ0) is 19.4. The second-order valence-electron chi connectivity index (χ2n) is 5.67. The van der Waals surface area contributed by atoms with Crippen LogP contribution in [-0.4, -0.2) is 30.8 Å². The fourth-order valence-electron chi connectivity index (χ4n) is 2.33. The summed E-state index contributed by atoms with van der Waals surface area (Å²) in [6.45, 7) is 1.59. The number of urea groups is 1. The van der Waals surface area contributed by atoms with Gasteiger partial charge in [0.25, 0.3) is 5.91 Å². The van der Waals surface area contributed by atoms with Crippen LogP contribution in [0.4, 0.5) is 16.2 Å². The molecule has 1 heterocycles. The molecule has 3 rings (SSSR count). The van der Waals surface area contributed by atoms with E-state index < -0.39 is 24.0 Å². The van der Waals surface area contributed by atoms with E-state index in [1.807, 2.05) is 0 Å². The fourth-order valence-corrected chi connectivity index (χ4v) is 2.33. The Morgan fingerprint density at radius 2 is 1.67 bits per heavy atom. The molecule has 0 spiro atoms. The number of carbonyl (C=O) groups is 3. The molecular formula is C18H17N3O6. The zero-order valence-electron chi connectivity index (χ0n) is 14.4. The Labute approximate surface area is 154 Å². The molecule has 4 N–H and O–H groups in total. The number of amides is 3. The second-order valence-corrected chi connectivity index (χ2v) is 5.67. The molecule has 1 atom stereocenters. The first-order valence-corrected chi connectivity index (χ1v) is 8.00. The van der Waals surface area contributed by atoms with E-state index in [9.17, 15) is 14.4 Å². The van der Waals surface area contributed by atoms with Gasteiger partial charge in [0.15, 0.2) is 17.6 Å². The molecule has 0 fully saturated rings. The monoisotopic (exact) mass is 371 g/mol. The van der Waals surface area contributed by atoms with E-state index in [2.05, 4.69) is 10.6 Å². The second kappa shape index (κ2) is 7.65. The first kappa shape index (κ1) is 18.1. The Balaban J connectivity index is 1.57. The van der Waals surface area contributed by atoms with Gasteiger partial charge in [0.1, 0.15) is 0 Å². The third-order valence-corrected chi connectivity index (χ3v) is 3.68. The number of benzene rings is 2. The number of esters is 1. The summed E-state index contributed by atoms with van der Waals surface area (Å²) in [6, 6.07) is 10.2. The minimum Gasteiger partial charge on any atom is -0.454 e. The summed E-state index contributed by atoms with van der Waals surface area (Å²) >= 11 is 0. The van der Waals surface area contributed by atoms with Crippen molar-refractivity contribution in [2.75, 3.05) is 17.4 Å². The maximum atomic E-state index is 12.2. The summed E-state index contributed by atoms with van der Waals surface area (Å²) in [5, 5.41) is 5.02. The number of nitrogens with one attached hydrogen (secondary N) is 2. The van der Waals surface area contributed by atoms with Gasteiger partial charge in [0.2, 0.25) is 6.79 Å². The van der Waals surface area contributed by atoms with E-state index in [1.165, 1.54) is 31.2 Å². The third kappa shape index (κ3) is 4.46. The first-order chi connectivity index (χ1) is 12.9. The highest BCUT2D eigenvalue weighted by Gasteiger charge is 2.20. The highest BCUT2D eigenvalue weighted by atomic mass is 16.7. The maximum absolute atomic E-state index is 12.2. The van der Waals surface area contributed by atoms with Crippen LogP contribution >= 0.6 is 0 Å². The van der Waals surface area contributed by atoms with Gasteiger partial charge in [0, 0.05) is 17.4 Å². The van der Waals surface area contributed by atoms with E-state index in [0.29, 0.717) is 22.9 Å². The van der Waals surface area contributed by atoms with Gasteiger partial charge in [-0.1, -0.05) is 0 Å². The van der Waals surface area contributed by atoms with Crippen molar-refractivity contribution in [1.29, 1.82) is 0 Å². The molecule has 0 unspecified atom stereocenters. The number of fused-ring (bicyclic) bond motifs is 1. The van der Waals surface area contributed by atoms with Gasteiger partial charge < -0.3 is 30.6 Å². The summed E-state index contributed by atoms with van der Waals surface area (Å²) in [5.74, 6) is -0.0351. The number of nitrogens with two attached hydrogens (primary N) is 1. The highest BCUT2D eigenvalue weighted by Crippen LogP contribution is 2.34. The SMILES string of the molecule is C[C@@H](OC(=O)c1ccc(NC(N)=O)cc1)C(=O)Nc1ccc2c(c1)OCO2. The minimum atomic E-state index is -1.02. The number of anilines is 2. The molecule has 1 aliphatic heterocycles. The summed E-state index contributed by atoms with van der Waals surface area (Å²) in [6.07, 6.45) is -1.02. The lowest BCUT2D eigenvalue weighted by Gasteiger charge is -2.14. The van der Waals surface area contributed by atoms with E-state index >= 15 is 0 Å². The Kier molecular flexibility index (Phi) is 5.11. The van der Waals surface area contributed by atoms with Crippen LogP contribution in [0.15, 0.2) is 42.5 Å². The number of hydrogen-bond donors (Lipinski definition) is 3. The summed E-state index contributed by atoms with van der Waals surface area (Å²) < 4.78 is 15.6. The Hall–Kier alpha value is -3.75. The molecule has 2 aromatic rings. The van der Waals surface area contributed by atoms with Crippen LogP contribution in [-0.2, 0) is 9.53 Å². The molecule has 0 saturated carbocycles. The van der Waals surface area contributed by atoms with Crippen LogP contribution in [0.3, 0.4) is 0 Å². The molecule has 9 nitrogen and oxygen atoms in total. The van der Waals surface area contributed by atoms with Gasteiger partial charge in [-0.3, -0.25) is 4.79 Å². The molecule has 0 saturated heterocycles. The smallest absolute Gasteiger partial charge is 0.338 e. The number of ether oxygens (including phenoxy) is 3. The van der Waals surface area contributed by atoms with Crippen molar-refractivity contribution in [3.05, 3.63) is 48.0 Å². The van der Waals surface area contributed by atoms with E-state index in [1.54, 1.807) is 18.2 Å². The Bertz CT molecular complexity index is 881. The Morgan fingerprint density at radius 3 is 2.37 bits per heavy atom. The van der Waals surface area contributed by atoms with Crippen LogP contribution in [0, 0.1) is 0 Å². The largest absolute Gasteiger partial charge is 0.454 e. The molecule has 2 aromatic carbocycles. The molecule has 9 heteroatoms. The van der Waals surface area contributed by atoms with E-state index in [-0.39, 0.29) is 12.4 Å². The standard InChI is InChI=1S/C18H17N3O6/c1-10(16(22)20-13-6-7-14-15(8-13)26-9-25-14)27-17(23)11-2-4-12(5-3-11)21-18(19)24/h2-8,10H,9H2,1H3,(H,20,22)(H3,19,21,24)/t10-/m1/s1. The summed E-state index contributed by atoms with van der Waals surface area (Å²) in [5.41, 5.74) is 6.18. The van der Waals surface area contributed by atoms with Gasteiger partial charge in [0.05, 0.1) is 5.56 Å². The minimum absolute atomic E-state index is 0.133. The highest BCUT2D eigenvalue weighted by molar-refractivity contribution is 5.97.